The molecule has 3 nitrogen and oxygen atoms in total. The van der Waals surface area contributed by atoms with Crippen LogP contribution in [0.1, 0.15) is 47.3 Å². The van der Waals surface area contributed by atoms with Gasteiger partial charge in [-0.25, -0.2) is 0 Å². The lowest BCUT2D eigenvalue weighted by Crippen LogP contribution is -2.43. The lowest BCUT2D eigenvalue weighted by Gasteiger charge is -2.38. The Morgan fingerprint density at radius 3 is 2.55 bits per heavy atom. The van der Waals surface area contributed by atoms with Gasteiger partial charge < -0.3 is 14.5 Å². The van der Waals surface area contributed by atoms with Gasteiger partial charge in [-0.2, -0.15) is 13.2 Å². The molecular weight excluding hydrogens is 487 g/mol. The largest absolute Gasteiger partial charge is 0.460 e. The van der Waals surface area contributed by atoms with E-state index >= 15 is 0 Å². The van der Waals surface area contributed by atoms with Crippen LogP contribution in [-0.2, 0) is 29.4 Å². The second kappa shape index (κ2) is 10.1. The first-order valence-electron chi connectivity index (χ1n) is 13.2. The molecule has 6 rings (SSSR count). The summed E-state index contributed by atoms with van der Waals surface area (Å²) in [4.78, 5) is 0. The summed E-state index contributed by atoms with van der Waals surface area (Å²) in [5.74, 6) is 0.888. The maximum atomic E-state index is 14.0. The van der Waals surface area contributed by atoms with Gasteiger partial charge in [0.05, 0.1) is 18.8 Å². The van der Waals surface area contributed by atoms with Gasteiger partial charge in [0.2, 0.25) is 0 Å². The van der Waals surface area contributed by atoms with Gasteiger partial charge in [-0.1, -0.05) is 60.7 Å². The third kappa shape index (κ3) is 4.79. The van der Waals surface area contributed by atoms with Crippen molar-refractivity contribution in [2.75, 3.05) is 19.7 Å². The number of aryl methyl sites for hydroxylation is 1. The molecule has 0 amide bonds. The number of piperidine rings is 1. The summed E-state index contributed by atoms with van der Waals surface area (Å²) in [7, 11) is 0. The van der Waals surface area contributed by atoms with Crippen molar-refractivity contribution in [3.8, 4) is 11.1 Å². The highest BCUT2D eigenvalue weighted by Gasteiger charge is 2.35. The minimum Gasteiger partial charge on any atom is -0.460 e. The Morgan fingerprint density at radius 2 is 1.76 bits per heavy atom. The summed E-state index contributed by atoms with van der Waals surface area (Å²) < 4.78 is 54.3. The number of furan rings is 1. The van der Waals surface area contributed by atoms with Gasteiger partial charge >= 0.3 is 6.18 Å². The third-order valence-electron chi connectivity index (χ3n) is 7.88. The molecule has 0 bridgehead atoms. The highest BCUT2D eigenvalue weighted by atomic mass is 19.4. The number of benzene rings is 3. The van der Waals surface area contributed by atoms with Crippen LogP contribution in [0.15, 0.2) is 77.2 Å². The summed E-state index contributed by atoms with van der Waals surface area (Å²) in [5, 5.41) is 4.34. The predicted molar refractivity (Wildman–Crippen MR) is 144 cm³/mol. The highest BCUT2D eigenvalue weighted by molar-refractivity contribution is 5.98. The summed E-state index contributed by atoms with van der Waals surface area (Å²) in [6, 6.07) is 20.2. The average Bonchev–Trinajstić information content (AvgIpc) is 3.32. The van der Waals surface area contributed by atoms with Gasteiger partial charge in [-0.3, -0.25) is 0 Å². The molecule has 6 heteroatoms. The summed E-state index contributed by atoms with van der Waals surface area (Å²) in [5.41, 5.74) is 3.69. The molecule has 1 aliphatic heterocycles. The van der Waals surface area contributed by atoms with Crippen molar-refractivity contribution < 1.29 is 22.3 Å². The van der Waals surface area contributed by atoms with Crippen molar-refractivity contribution in [1.82, 2.24) is 5.32 Å². The molecule has 196 valence electrons. The number of rotatable bonds is 6. The smallest absolute Gasteiger partial charge is 0.416 e. The van der Waals surface area contributed by atoms with Crippen molar-refractivity contribution in [2.24, 2.45) is 0 Å². The van der Waals surface area contributed by atoms with Crippen molar-refractivity contribution in [3.05, 3.63) is 101 Å². The zero-order valence-corrected chi connectivity index (χ0v) is 21.1. The number of alkyl halides is 3. The van der Waals surface area contributed by atoms with E-state index in [4.69, 9.17) is 9.15 Å². The molecule has 1 aliphatic carbocycles. The standard InChI is InChI=1S/C32H30F3NO2/c33-32(34,35)25-18-22(20-37-21-31(13-15-36-16-14-31)24-7-2-1-3-8-24)17-23(19-25)26-10-6-11-28-27-9-4-5-12-29(27)38-30(26)28/h1-4,6-11,17-19,36H,5,12-16,20-21H2. The molecule has 1 saturated heterocycles. The SMILES string of the molecule is FC(F)(F)c1cc(COCC2(c3ccccc3)CCNCC2)cc(-c2cccc3c4c(oc23)CCC=C4)c1. The number of hydrogen-bond donors (Lipinski definition) is 1. The van der Waals surface area contributed by atoms with Crippen molar-refractivity contribution in [1.29, 1.82) is 0 Å². The molecule has 38 heavy (non-hydrogen) atoms. The van der Waals surface area contributed by atoms with Crippen LogP contribution in [0.2, 0.25) is 0 Å². The average molecular weight is 518 g/mol. The first-order valence-corrected chi connectivity index (χ1v) is 13.2. The summed E-state index contributed by atoms with van der Waals surface area (Å²) in [6.45, 7) is 2.33. The number of fused-ring (bicyclic) bond motifs is 3. The lowest BCUT2D eigenvalue weighted by atomic mass is 9.74. The molecule has 0 radical (unpaired) electrons. The molecule has 1 N–H and O–H groups in total. The summed E-state index contributed by atoms with van der Waals surface area (Å²) >= 11 is 0. The Kier molecular flexibility index (Phi) is 6.62. The van der Waals surface area contributed by atoms with Crippen LogP contribution in [0.4, 0.5) is 13.2 Å². The van der Waals surface area contributed by atoms with Gasteiger partial charge in [0.1, 0.15) is 11.3 Å². The van der Waals surface area contributed by atoms with Crippen molar-refractivity contribution in [2.45, 2.75) is 43.9 Å². The van der Waals surface area contributed by atoms with Crippen LogP contribution in [0.25, 0.3) is 28.2 Å². The Bertz CT molecular complexity index is 1460. The molecule has 0 unspecified atom stereocenters. The lowest BCUT2D eigenvalue weighted by molar-refractivity contribution is -0.137. The van der Waals surface area contributed by atoms with E-state index in [0.29, 0.717) is 28.9 Å². The molecule has 1 fully saturated rings. The minimum atomic E-state index is -4.47. The van der Waals surface area contributed by atoms with E-state index in [-0.39, 0.29) is 12.0 Å². The fourth-order valence-corrected chi connectivity index (χ4v) is 5.87. The number of halogens is 3. The number of nitrogens with one attached hydrogen (secondary N) is 1. The number of para-hydroxylation sites is 1. The van der Waals surface area contributed by atoms with Gasteiger partial charge in [-0.15, -0.1) is 0 Å². The van der Waals surface area contributed by atoms with E-state index in [0.717, 1.165) is 55.5 Å². The van der Waals surface area contributed by atoms with E-state index in [1.54, 1.807) is 6.07 Å². The predicted octanol–water partition coefficient (Wildman–Crippen LogP) is 7.92. The molecule has 0 atom stereocenters. The molecule has 2 aliphatic rings. The Balaban J connectivity index is 1.33. The fraction of sp³-hybridized carbons (Fsp3) is 0.312. The van der Waals surface area contributed by atoms with Crippen LogP contribution < -0.4 is 5.32 Å². The maximum Gasteiger partial charge on any atom is 0.416 e. The van der Waals surface area contributed by atoms with Crippen LogP contribution in [0.3, 0.4) is 0 Å². The topological polar surface area (TPSA) is 34.4 Å². The second-order valence-electron chi connectivity index (χ2n) is 10.4. The highest BCUT2D eigenvalue weighted by Crippen LogP contribution is 2.40. The normalized spacial score (nSPS) is 17.0. The van der Waals surface area contributed by atoms with E-state index in [9.17, 15) is 13.2 Å². The fourth-order valence-electron chi connectivity index (χ4n) is 5.87. The van der Waals surface area contributed by atoms with Gasteiger partial charge in [0.15, 0.2) is 0 Å². The van der Waals surface area contributed by atoms with E-state index in [1.807, 2.05) is 42.5 Å². The summed E-state index contributed by atoms with van der Waals surface area (Å²) in [6.07, 6.45) is 3.21. The molecule has 2 heterocycles. The van der Waals surface area contributed by atoms with Crippen molar-refractivity contribution in [3.63, 3.8) is 0 Å². The Hall–Kier alpha value is -3.35. The number of hydrogen-bond acceptors (Lipinski definition) is 3. The maximum absolute atomic E-state index is 14.0. The quantitative estimate of drug-likeness (QED) is 0.282. The van der Waals surface area contributed by atoms with Gasteiger partial charge in [-0.05, 0) is 67.2 Å². The van der Waals surface area contributed by atoms with Gasteiger partial charge in [0, 0.05) is 28.3 Å². The van der Waals surface area contributed by atoms with Crippen molar-refractivity contribution >= 4 is 17.0 Å². The number of ether oxygens (including phenoxy) is 1. The molecular formula is C32H30F3NO2. The molecule has 1 aromatic heterocycles. The monoisotopic (exact) mass is 517 g/mol. The Labute approximate surface area is 220 Å². The Morgan fingerprint density at radius 1 is 0.947 bits per heavy atom. The van der Waals surface area contributed by atoms with Crippen LogP contribution in [0.5, 0.6) is 0 Å². The molecule has 0 spiro atoms. The molecule has 4 aromatic rings. The van der Waals surface area contributed by atoms with E-state index < -0.39 is 11.7 Å². The minimum absolute atomic E-state index is 0.103. The molecule has 0 saturated carbocycles. The third-order valence-corrected chi connectivity index (χ3v) is 7.88. The van der Waals surface area contributed by atoms with Gasteiger partial charge in [0.25, 0.3) is 0 Å². The zero-order chi connectivity index (χ0) is 26.2. The van der Waals surface area contributed by atoms with E-state index in [1.165, 1.54) is 17.7 Å². The second-order valence-corrected chi connectivity index (χ2v) is 10.4. The first kappa shape index (κ1) is 25.0. The van der Waals surface area contributed by atoms with Crippen LogP contribution in [0, 0.1) is 0 Å². The zero-order valence-electron chi connectivity index (χ0n) is 21.1. The first-order chi connectivity index (χ1) is 18.4. The van der Waals surface area contributed by atoms with E-state index in [2.05, 4.69) is 23.5 Å². The molecule has 3 aromatic carbocycles. The number of allylic oxidation sites excluding steroid dienone is 1. The van der Waals surface area contributed by atoms with Crippen LogP contribution >= 0.6 is 0 Å². The van der Waals surface area contributed by atoms with Crippen LogP contribution in [-0.4, -0.2) is 19.7 Å².